The highest BCUT2D eigenvalue weighted by molar-refractivity contribution is 9.10. The first-order valence-electron chi connectivity index (χ1n) is 5.90. The first-order valence-corrected chi connectivity index (χ1v) is 6.82. The van der Waals surface area contributed by atoms with E-state index in [1.54, 1.807) is 6.92 Å². The zero-order chi connectivity index (χ0) is 16.2. The van der Waals surface area contributed by atoms with Crippen LogP contribution in [0.3, 0.4) is 0 Å². The molecular weight excluding hydrogens is 357 g/mol. The lowest BCUT2D eigenvalue weighted by atomic mass is 10.0. The molecule has 0 spiro atoms. The monoisotopic (exact) mass is 368 g/mol. The van der Waals surface area contributed by atoms with Crippen molar-refractivity contribution >= 4 is 27.7 Å². The average molecular weight is 369 g/mol. The summed E-state index contributed by atoms with van der Waals surface area (Å²) in [6.45, 7) is 3.13. The van der Waals surface area contributed by atoms with Crippen molar-refractivity contribution in [3.8, 4) is 5.75 Å². The molecule has 1 aromatic carbocycles. The fraction of sp³-hybridized carbons (Fsp3) is 0.385. The molecule has 21 heavy (non-hydrogen) atoms. The Morgan fingerprint density at radius 2 is 1.81 bits per heavy atom. The number of hydrogen-bond donors (Lipinski definition) is 0. The highest BCUT2D eigenvalue weighted by atomic mass is 79.9. The van der Waals surface area contributed by atoms with Gasteiger partial charge in [-0.05, 0) is 32.0 Å². The Hall–Kier alpha value is -1.57. The second-order valence-corrected chi connectivity index (χ2v) is 5.37. The fourth-order valence-corrected chi connectivity index (χ4v) is 1.76. The Morgan fingerprint density at radius 1 is 1.24 bits per heavy atom. The maximum absolute atomic E-state index is 12.3. The number of rotatable bonds is 5. The Labute approximate surface area is 127 Å². The van der Waals surface area contributed by atoms with Crippen LogP contribution in [0.2, 0.25) is 0 Å². The van der Waals surface area contributed by atoms with Gasteiger partial charge in [0, 0.05) is 5.56 Å². The zero-order valence-electron chi connectivity index (χ0n) is 11.2. The Morgan fingerprint density at radius 3 is 2.29 bits per heavy atom. The van der Waals surface area contributed by atoms with Crippen molar-refractivity contribution in [2.24, 2.45) is 0 Å². The highest BCUT2D eigenvalue weighted by Crippen LogP contribution is 2.26. The topological polar surface area (TPSA) is 52.6 Å². The second-order valence-electron chi connectivity index (χ2n) is 3.99. The summed E-state index contributed by atoms with van der Waals surface area (Å²) in [7, 11) is 0. The first-order chi connectivity index (χ1) is 9.64. The molecule has 1 unspecified atom stereocenters. The third-order valence-electron chi connectivity index (χ3n) is 2.30. The molecule has 0 fully saturated rings. The van der Waals surface area contributed by atoms with Crippen molar-refractivity contribution in [3.05, 3.63) is 29.3 Å². The normalized spacial score (nSPS) is 12.7. The number of alkyl halides is 4. The van der Waals surface area contributed by atoms with Gasteiger partial charge in [0.2, 0.25) is 0 Å². The zero-order valence-corrected chi connectivity index (χ0v) is 12.7. The third-order valence-corrected chi connectivity index (χ3v) is 2.71. The SMILES string of the molecule is CCOC(=O)c1cc(OC(F)(F)F)cc(C(=O)C(C)Br)c1. The molecule has 0 N–H and O–H groups in total. The maximum Gasteiger partial charge on any atom is 0.573 e. The van der Waals surface area contributed by atoms with Crippen LogP contribution in [0.1, 0.15) is 34.6 Å². The van der Waals surface area contributed by atoms with E-state index in [0.29, 0.717) is 0 Å². The molecule has 1 rings (SSSR count). The number of benzene rings is 1. The molecule has 0 amide bonds. The van der Waals surface area contributed by atoms with Gasteiger partial charge in [-0.15, -0.1) is 13.2 Å². The van der Waals surface area contributed by atoms with E-state index in [9.17, 15) is 22.8 Å². The van der Waals surface area contributed by atoms with E-state index in [4.69, 9.17) is 4.74 Å². The van der Waals surface area contributed by atoms with E-state index < -0.39 is 28.7 Å². The van der Waals surface area contributed by atoms with E-state index in [2.05, 4.69) is 20.7 Å². The summed E-state index contributed by atoms with van der Waals surface area (Å²) in [6.07, 6.45) is -4.92. The van der Waals surface area contributed by atoms with Crippen LogP contribution in [0, 0.1) is 0 Å². The second kappa shape index (κ2) is 6.93. The summed E-state index contributed by atoms with van der Waals surface area (Å²) in [4.78, 5) is 22.9. The molecule has 116 valence electrons. The molecule has 0 aliphatic carbocycles. The Balaban J connectivity index is 3.25. The predicted octanol–water partition coefficient (Wildman–Crippen LogP) is 3.73. The van der Waals surface area contributed by atoms with Gasteiger partial charge in [0.05, 0.1) is 17.0 Å². The predicted molar refractivity (Wildman–Crippen MR) is 71.8 cm³/mol. The summed E-state index contributed by atoms with van der Waals surface area (Å²) in [6, 6.07) is 2.97. The lowest BCUT2D eigenvalue weighted by Gasteiger charge is -2.12. The molecule has 4 nitrogen and oxygen atoms in total. The molecular formula is C13H12BrF3O4. The van der Waals surface area contributed by atoms with Crippen LogP contribution in [0.25, 0.3) is 0 Å². The number of carbonyl (C=O) groups is 2. The van der Waals surface area contributed by atoms with Crippen LogP contribution < -0.4 is 4.74 Å². The van der Waals surface area contributed by atoms with Gasteiger partial charge < -0.3 is 9.47 Å². The van der Waals surface area contributed by atoms with Crippen LogP contribution >= 0.6 is 15.9 Å². The molecule has 0 radical (unpaired) electrons. The van der Waals surface area contributed by atoms with E-state index in [1.807, 2.05) is 0 Å². The van der Waals surface area contributed by atoms with Gasteiger partial charge in [-0.1, -0.05) is 15.9 Å². The van der Waals surface area contributed by atoms with Crippen molar-refractivity contribution in [2.45, 2.75) is 25.0 Å². The van der Waals surface area contributed by atoms with Crippen LogP contribution in [0.15, 0.2) is 18.2 Å². The minimum atomic E-state index is -4.92. The molecule has 0 saturated heterocycles. The number of hydrogen-bond acceptors (Lipinski definition) is 4. The van der Waals surface area contributed by atoms with Gasteiger partial charge >= 0.3 is 12.3 Å². The minimum absolute atomic E-state index is 0.0569. The lowest BCUT2D eigenvalue weighted by Crippen LogP contribution is -2.19. The molecule has 0 bridgehead atoms. The van der Waals surface area contributed by atoms with Crippen LogP contribution in [0.5, 0.6) is 5.75 Å². The fourth-order valence-electron chi connectivity index (χ4n) is 1.50. The number of Topliss-reactive ketones (excluding diaryl/α,β-unsaturated/α-hetero) is 1. The van der Waals surface area contributed by atoms with Crippen molar-refractivity contribution in [1.82, 2.24) is 0 Å². The third kappa shape index (κ3) is 5.37. The number of ether oxygens (including phenoxy) is 2. The molecule has 0 aliphatic rings. The molecule has 0 heterocycles. The molecule has 0 aliphatic heterocycles. The standard InChI is InChI=1S/C13H12BrF3O4/c1-3-20-12(19)9-4-8(11(18)7(2)14)5-10(6-9)21-13(15,16)17/h4-7H,3H2,1-2H3. The first kappa shape index (κ1) is 17.5. The molecule has 1 aromatic rings. The van der Waals surface area contributed by atoms with Gasteiger partial charge in [-0.3, -0.25) is 4.79 Å². The molecule has 1 atom stereocenters. The van der Waals surface area contributed by atoms with Crippen LogP contribution in [-0.2, 0) is 4.74 Å². The summed E-state index contributed by atoms with van der Waals surface area (Å²) in [5.74, 6) is -1.96. The lowest BCUT2D eigenvalue weighted by molar-refractivity contribution is -0.274. The highest BCUT2D eigenvalue weighted by Gasteiger charge is 2.32. The van der Waals surface area contributed by atoms with E-state index in [1.165, 1.54) is 13.0 Å². The summed E-state index contributed by atoms with van der Waals surface area (Å²) < 4.78 is 45.3. The van der Waals surface area contributed by atoms with Gasteiger partial charge in [0.15, 0.2) is 5.78 Å². The quantitative estimate of drug-likeness (QED) is 0.451. The summed E-state index contributed by atoms with van der Waals surface area (Å²) in [5.41, 5.74) is -0.265. The number of halogens is 4. The van der Waals surface area contributed by atoms with Crippen LogP contribution in [0.4, 0.5) is 13.2 Å². The Kier molecular flexibility index (Phi) is 5.77. The number of esters is 1. The summed E-state index contributed by atoms with van der Waals surface area (Å²) >= 11 is 3.03. The van der Waals surface area contributed by atoms with Crippen molar-refractivity contribution in [1.29, 1.82) is 0 Å². The summed E-state index contributed by atoms with van der Waals surface area (Å²) in [5, 5.41) is 0. The molecule has 0 saturated carbocycles. The largest absolute Gasteiger partial charge is 0.573 e. The van der Waals surface area contributed by atoms with E-state index in [-0.39, 0.29) is 17.7 Å². The molecule has 8 heteroatoms. The van der Waals surface area contributed by atoms with Gasteiger partial charge in [-0.25, -0.2) is 4.79 Å². The number of carbonyl (C=O) groups excluding carboxylic acids is 2. The molecule has 0 aromatic heterocycles. The van der Waals surface area contributed by atoms with E-state index >= 15 is 0 Å². The van der Waals surface area contributed by atoms with Gasteiger partial charge in [0.25, 0.3) is 0 Å². The van der Waals surface area contributed by atoms with Crippen molar-refractivity contribution in [2.75, 3.05) is 6.61 Å². The van der Waals surface area contributed by atoms with Crippen molar-refractivity contribution < 1.29 is 32.2 Å². The maximum atomic E-state index is 12.3. The number of ketones is 1. The smallest absolute Gasteiger partial charge is 0.462 e. The van der Waals surface area contributed by atoms with Gasteiger partial charge in [-0.2, -0.15) is 0 Å². The average Bonchev–Trinajstić information content (AvgIpc) is 2.35. The van der Waals surface area contributed by atoms with E-state index in [0.717, 1.165) is 12.1 Å². The minimum Gasteiger partial charge on any atom is -0.462 e. The van der Waals surface area contributed by atoms with Crippen molar-refractivity contribution in [3.63, 3.8) is 0 Å². The van der Waals surface area contributed by atoms with Crippen LogP contribution in [-0.4, -0.2) is 29.5 Å². The van der Waals surface area contributed by atoms with Gasteiger partial charge in [0.1, 0.15) is 5.75 Å². The Bertz CT molecular complexity index is 541.